The average molecular weight is 334 g/mol. The van der Waals surface area contributed by atoms with Crippen LogP contribution in [-0.2, 0) is 0 Å². The van der Waals surface area contributed by atoms with Crippen molar-refractivity contribution in [1.82, 2.24) is 5.32 Å². The second-order valence-electron chi connectivity index (χ2n) is 4.65. The van der Waals surface area contributed by atoms with E-state index >= 15 is 0 Å². The van der Waals surface area contributed by atoms with Crippen LogP contribution in [0.5, 0.6) is 0 Å². The molecule has 0 heterocycles. The summed E-state index contributed by atoms with van der Waals surface area (Å²) in [6.07, 6.45) is 0. The smallest absolute Gasteiger partial charge is 0.335 e. The standard InChI is InChI=1S/C16H16BrNO2/c1-10-3-8-13(17)9-14(10)15(18-2)11-4-6-12(7-5-11)16(19)20/h3-9,15,18H,1-2H3,(H,19,20). The Balaban J connectivity index is 2.41. The molecule has 0 aromatic heterocycles. The molecule has 1 atom stereocenters. The first-order chi connectivity index (χ1) is 9.52. The lowest BCUT2D eigenvalue weighted by molar-refractivity contribution is 0.0697. The van der Waals surface area contributed by atoms with Crippen molar-refractivity contribution in [3.8, 4) is 0 Å². The van der Waals surface area contributed by atoms with Crippen LogP contribution in [0.4, 0.5) is 0 Å². The van der Waals surface area contributed by atoms with Gasteiger partial charge in [-0.05, 0) is 54.9 Å². The minimum Gasteiger partial charge on any atom is -0.478 e. The summed E-state index contributed by atoms with van der Waals surface area (Å²) in [6.45, 7) is 2.07. The summed E-state index contributed by atoms with van der Waals surface area (Å²) < 4.78 is 1.03. The van der Waals surface area contributed by atoms with Crippen LogP contribution in [0.2, 0.25) is 0 Å². The predicted molar refractivity (Wildman–Crippen MR) is 83.2 cm³/mol. The Labute approximate surface area is 126 Å². The lowest BCUT2D eigenvalue weighted by Crippen LogP contribution is -2.18. The molecule has 0 spiro atoms. The topological polar surface area (TPSA) is 49.3 Å². The first-order valence-electron chi connectivity index (χ1n) is 6.29. The Morgan fingerprint density at radius 3 is 2.40 bits per heavy atom. The van der Waals surface area contributed by atoms with Gasteiger partial charge in [-0.2, -0.15) is 0 Å². The average Bonchev–Trinajstić information content (AvgIpc) is 2.44. The van der Waals surface area contributed by atoms with Gasteiger partial charge in [-0.3, -0.25) is 0 Å². The number of carbonyl (C=O) groups is 1. The van der Waals surface area contributed by atoms with Gasteiger partial charge in [0.15, 0.2) is 0 Å². The van der Waals surface area contributed by atoms with Gasteiger partial charge in [0.25, 0.3) is 0 Å². The van der Waals surface area contributed by atoms with E-state index in [-0.39, 0.29) is 6.04 Å². The Kier molecular flexibility index (Phi) is 4.57. The minimum atomic E-state index is -0.906. The second-order valence-corrected chi connectivity index (χ2v) is 5.57. The van der Waals surface area contributed by atoms with Crippen LogP contribution in [0.3, 0.4) is 0 Å². The summed E-state index contributed by atoms with van der Waals surface area (Å²) >= 11 is 3.49. The van der Waals surface area contributed by atoms with E-state index in [9.17, 15) is 4.79 Å². The third-order valence-electron chi connectivity index (χ3n) is 3.33. The summed E-state index contributed by atoms with van der Waals surface area (Å²) in [7, 11) is 1.90. The molecule has 0 bridgehead atoms. The zero-order chi connectivity index (χ0) is 14.7. The Morgan fingerprint density at radius 2 is 1.85 bits per heavy atom. The molecule has 0 saturated heterocycles. The van der Waals surface area contributed by atoms with Gasteiger partial charge < -0.3 is 10.4 Å². The van der Waals surface area contributed by atoms with Gasteiger partial charge >= 0.3 is 5.97 Å². The van der Waals surface area contributed by atoms with Gasteiger partial charge in [0, 0.05) is 4.47 Å². The molecule has 20 heavy (non-hydrogen) atoms. The van der Waals surface area contributed by atoms with Crippen LogP contribution in [0.1, 0.15) is 33.1 Å². The lowest BCUT2D eigenvalue weighted by Gasteiger charge is -2.20. The van der Waals surface area contributed by atoms with Crippen molar-refractivity contribution in [1.29, 1.82) is 0 Å². The molecule has 0 amide bonds. The number of hydrogen-bond donors (Lipinski definition) is 2. The molecular weight excluding hydrogens is 318 g/mol. The van der Waals surface area contributed by atoms with Crippen LogP contribution in [0, 0.1) is 6.92 Å². The molecule has 104 valence electrons. The maximum Gasteiger partial charge on any atom is 0.335 e. The zero-order valence-electron chi connectivity index (χ0n) is 11.4. The van der Waals surface area contributed by atoms with E-state index in [1.54, 1.807) is 12.1 Å². The SMILES string of the molecule is CNC(c1ccc(C(=O)O)cc1)c1cc(Br)ccc1C. The van der Waals surface area contributed by atoms with E-state index in [4.69, 9.17) is 5.11 Å². The van der Waals surface area contributed by atoms with Crippen LogP contribution in [-0.4, -0.2) is 18.1 Å². The molecule has 1 unspecified atom stereocenters. The van der Waals surface area contributed by atoms with Crippen LogP contribution in [0.15, 0.2) is 46.9 Å². The molecule has 0 aliphatic heterocycles. The third-order valence-corrected chi connectivity index (χ3v) is 3.83. The molecule has 3 nitrogen and oxygen atoms in total. The molecule has 2 aromatic carbocycles. The number of hydrogen-bond acceptors (Lipinski definition) is 2. The lowest BCUT2D eigenvalue weighted by atomic mass is 9.94. The normalized spacial score (nSPS) is 12.2. The summed E-state index contributed by atoms with van der Waals surface area (Å²) in [5, 5.41) is 12.2. The highest BCUT2D eigenvalue weighted by Gasteiger charge is 2.15. The highest BCUT2D eigenvalue weighted by Crippen LogP contribution is 2.27. The largest absolute Gasteiger partial charge is 0.478 e. The van der Waals surface area contributed by atoms with E-state index in [2.05, 4.69) is 40.3 Å². The molecule has 0 aliphatic rings. The Morgan fingerprint density at radius 1 is 1.20 bits per heavy atom. The minimum absolute atomic E-state index is 0.0374. The van der Waals surface area contributed by atoms with E-state index in [1.807, 2.05) is 25.2 Å². The molecule has 0 saturated carbocycles. The maximum atomic E-state index is 10.9. The van der Waals surface area contributed by atoms with Gasteiger partial charge in [0.1, 0.15) is 0 Å². The summed E-state index contributed by atoms with van der Waals surface area (Å²) in [6, 6.07) is 13.2. The summed E-state index contributed by atoms with van der Waals surface area (Å²) in [5.74, 6) is -0.906. The number of aryl methyl sites for hydroxylation is 1. The van der Waals surface area contributed by atoms with Crippen LogP contribution < -0.4 is 5.32 Å². The van der Waals surface area contributed by atoms with Crippen molar-refractivity contribution in [2.75, 3.05) is 7.05 Å². The van der Waals surface area contributed by atoms with Gasteiger partial charge in [-0.25, -0.2) is 4.79 Å². The quantitative estimate of drug-likeness (QED) is 0.895. The number of benzene rings is 2. The third kappa shape index (κ3) is 3.08. The number of aromatic carboxylic acids is 1. The molecule has 0 fully saturated rings. The van der Waals surface area contributed by atoms with Gasteiger partial charge in [-0.15, -0.1) is 0 Å². The van der Waals surface area contributed by atoms with Gasteiger partial charge in [0.05, 0.1) is 11.6 Å². The number of rotatable bonds is 4. The first-order valence-corrected chi connectivity index (χ1v) is 7.09. The summed E-state index contributed by atoms with van der Waals surface area (Å²) in [4.78, 5) is 10.9. The second kappa shape index (κ2) is 6.20. The Hall–Kier alpha value is -1.65. The highest BCUT2D eigenvalue weighted by atomic mass is 79.9. The molecular formula is C16H16BrNO2. The molecule has 2 N–H and O–H groups in total. The fourth-order valence-corrected chi connectivity index (χ4v) is 2.62. The van der Waals surface area contributed by atoms with Crippen molar-refractivity contribution >= 4 is 21.9 Å². The zero-order valence-corrected chi connectivity index (χ0v) is 12.9. The Bertz CT molecular complexity index is 623. The molecule has 2 aromatic rings. The van der Waals surface area contributed by atoms with E-state index in [1.165, 1.54) is 11.1 Å². The monoisotopic (exact) mass is 333 g/mol. The molecule has 0 aliphatic carbocycles. The van der Waals surface area contributed by atoms with Crippen molar-refractivity contribution < 1.29 is 9.90 Å². The first kappa shape index (κ1) is 14.8. The van der Waals surface area contributed by atoms with Gasteiger partial charge in [-0.1, -0.05) is 34.1 Å². The van der Waals surface area contributed by atoms with Crippen molar-refractivity contribution in [2.24, 2.45) is 0 Å². The highest BCUT2D eigenvalue weighted by molar-refractivity contribution is 9.10. The van der Waals surface area contributed by atoms with Crippen molar-refractivity contribution in [2.45, 2.75) is 13.0 Å². The molecule has 2 rings (SSSR count). The summed E-state index contributed by atoms with van der Waals surface area (Å²) in [5.41, 5.74) is 3.70. The number of carboxylic acids is 1. The van der Waals surface area contributed by atoms with E-state index in [0.717, 1.165) is 10.0 Å². The molecule has 0 radical (unpaired) electrons. The fourth-order valence-electron chi connectivity index (χ4n) is 2.24. The van der Waals surface area contributed by atoms with Crippen molar-refractivity contribution in [3.05, 3.63) is 69.2 Å². The maximum absolute atomic E-state index is 10.9. The van der Waals surface area contributed by atoms with Crippen LogP contribution in [0.25, 0.3) is 0 Å². The predicted octanol–water partition coefficient (Wildman–Crippen LogP) is 3.76. The fraction of sp³-hybridized carbons (Fsp3) is 0.188. The van der Waals surface area contributed by atoms with Gasteiger partial charge in [0.2, 0.25) is 0 Å². The number of halogens is 1. The number of carboxylic acid groups (broad SMARTS) is 1. The van der Waals surface area contributed by atoms with E-state index in [0.29, 0.717) is 5.56 Å². The van der Waals surface area contributed by atoms with Crippen molar-refractivity contribution in [3.63, 3.8) is 0 Å². The number of nitrogens with one attached hydrogen (secondary N) is 1. The van der Waals surface area contributed by atoms with Crippen LogP contribution >= 0.6 is 15.9 Å². The molecule has 4 heteroatoms. The van der Waals surface area contributed by atoms with E-state index < -0.39 is 5.97 Å².